The molecule has 5 nitrogen and oxygen atoms in total. The Morgan fingerprint density at radius 2 is 1.75 bits per heavy atom. The van der Waals surface area contributed by atoms with Crippen LogP contribution in [0.15, 0.2) is 35.4 Å². The second-order valence-corrected chi connectivity index (χ2v) is 6.11. The van der Waals surface area contributed by atoms with Crippen LogP contribution < -0.4 is 5.73 Å². The molecule has 9 heteroatoms. The van der Waals surface area contributed by atoms with Crippen molar-refractivity contribution in [2.24, 2.45) is 0 Å². The summed E-state index contributed by atoms with van der Waals surface area (Å²) >= 11 is 0. The zero-order valence-corrected chi connectivity index (χ0v) is 11.0. The topological polar surface area (TPSA) is 78.0 Å². The van der Waals surface area contributed by atoms with Crippen molar-refractivity contribution in [3.63, 3.8) is 0 Å². The highest BCUT2D eigenvalue weighted by Crippen LogP contribution is 2.30. The summed E-state index contributed by atoms with van der Waals surface area (Å²) < 4.78 is 61.2. The maximum Gasteiger partial charge on any atom is 0.416 e. The number of nitrogen functional groups attached to an aromatic ring is 1. The van der Waals surface area contributed by atoms with Gasteiger partial charge in [0.2, 0.25) is 0 Å². The Balaban J connectivity index is 2.46. The van der Waals surface area contributed by atoms with Crippen molar-refractivity contribution in [1.82, 2.24) is 9.78 Å². The van der Waals surface area contributed by atoms with Gasteiger partial charge in [0.25, 0.3) is 0 Å². The maximum absolute atomic E-state index is 12.4. The normalized spacial score (nSPS) is 12.6. The summed E-state index contributed by atoms with van der Waals surface area (Å²) in [6.07, 6.45) is -2.41. The fraction of sp³-hybridized carbons (Fsp3) is 0.182. The van der Waals surface area contributed by atoms with Crippen molar-refractivity contribution in [1.29, 1.82) is 0 Å². The number of aromatic nitrogens is 2. The van der Waals surface area contributed by atoms with Crippen molar-refractivity contribution in [3.05, 3.63) is 36.0 Å². The van der Waals surface area contributed by atoms with Gasteiger partial charge in [0.1, 0.15) is 10.7 Å². The number of alkyl halides is 3. The fourth-order valence-corrected chi connectivity index (χ4v) is 2.33. The lowest BCUT2D eigenvalue weighted by Crippen LogP contribution is -2.07. The predicted molar refractivity (Wildman–Crippen MR) is 66.1 cm³/mol. The van der Waals surface area contributed by atoms with Gasteiger partial charge in [0.05, 0.1) is 17.4 Å². The van der Waals surface area contributed by atoms with E-state index in [-0.39, 0.29) is 16.4 Å². The number of nitrogens with two attached hydrogens (primary N) is 1. The first-order valence-electron chi connectivity index (χ1n) is 5.32. The molecule has 0 aliphatic heterocycles. The Bertz CT molecular complexity index is 733. The van der Waals surface area contributed by atoms with Gasteiger partial charge in [-0.1, -0.05) is 0 Å². The molecule has 1 heterocycles. The standard InChI is InChI=1S/C11H10F3N3O2S/c1-20(18,19)9-6-16-17(10(9)15)8-4-2-7(3-5-8)11(12,13)14/h2-6H,15H2,1H3. The van der Waals surface area contributed by atoms with E-state index in [0.29, 0.717) is 0 Å². The molecule has 0 saturated carbocycles. The summed E-state index contributed by atoms with van der Waals surface area (Å²) in [5.74, 6) is -0.146. The predicted octanol–water partition coefficient (Wildman–Crippen LogP) is 1.88. The molecule has 0 aliphatic rings. The summed E-state index contributed by atoms with van der Waals surface area (Å²) in [7, 11) is -3.54. The molecular formula is C11H10F3N3O2S. The van der Waals surface area contributed by atoms with Gasteiger partial charge in [-0.2, -0.15) is 18.3 Å². The SMILES string of the molecule is CS(=O)(=O)c1cnn(-c2ccc(C(F)(F)F)cc2)c1N. The van der Waals surface area contributed by atoms with Crippen LogP contribution in [0.1, 0.15) is 5.56 Å². The van der Waals surface area contributed by atoms with Crippen LogP contribution in [0, 0.1) is 0 Å². The number of rotatable bonds is 2. The molecular weight excluding hydrogens is 295 g/mol. The molecule has 0 bridgehead atoms. The molecule has 0 spiro atoms. The molecule has 1 aromatic heterocycles. The summed E-state index contributed by atoms with van der Waals surface area (Å²) in [4.78, 5) is -0.169. The van der Waals surface area contributed by atoms with Gasteiger partial charge in [-0.3, -0.25) is 0 Å². The van der Waals surface area contributed by atoms with Crippen molar-refractivity contribution in [2.75, 3.05) is 12.0 Å². The van der Waals surface area contributed by atoms with E-state index in [2.05, 4.69) is 5.10 Å². The van der Waals surface area contributed by atoms with Crippen LogP contribution in [0.3, 0.4) is 0 Å². The van der Waals surface area contributed by atoms with Gasteiger partial charge in [-0.05, 0) is 24.3 Å². The van der Waals surface area contributed by atoms with Gasteiger partial charge in [0.15, 0.2) is 9.84 Å². The number of hydrogen-bond donors (Lipinski definition) is 1. The summed E-state index contributed by atoms with van der Waals surface area (Å²) in [6.45, 7) is 0. The Morgan fingerprint density at radius 3 is 2.15 bits per heavy atom. The Kier molecular flexibility index (Phi) is 3.24. The van der Waals surface area contributed by atoms with E-state index >= 15 is 0 Å². The summed E-state index contributed by atoms with van der Waals surface area (Å²) in [6, 6.07) is 4.07. The number of halogens is 3. The third-order valence-corrected chi connectivity index (χ3v) is 3.72. The molecule has 0 saturated heterocycles. The molecule has 1 aromatic carbocycles. The lowest BCUT2D eigenvalue weighted by molar-refractivity contribution is -0.137. The number of sulfone groups is 1. The number of anilines is 1. The molecule has 2 aromatic rings. The molecule has 0 fully saturated rings. The first-order chi connectivity index (χ1) is 9.10. The summed E-state index contributed by atoms with van der Waals surface area (Å²) in [5, 5.41) is 3.78. The molecule has 108 valence electrons. The number of hydrogen-bond acceptors (Lipinski definition) is 4. The highest BCUT2D eigenvalue weighted by molar-refractivity contribution is 7.90. The van der Waals surface area contributed by atoms with Gasteiger partial charge in [0, 0.05) is 6.26 Å². The lowest BCUT2D eigenvalue weighted by atomic mass is 10.2. The van der Waals surface area contributed by atoms with E-state index in [4.69, 9.17) is 5.73 Å². The van der Waals surface area contributed by atoms with E-state index in [1.54, 1.807) is 0 Å². The van der Waals surface area contributed by atoms with Crippen molar-refractivity contribution in [3.8, 4) is 5.69 Å². The number of benzene rings is 1. The van der Waals surface area contributed by atoms with E-state index in [9.17, 15) is 21.6 Å². The average molecular weight is 305 g/mol. The third kappa shape index (κ3) is 2.62. The van der Waals surface area contributed by atoms with Gasteiger partial charge >= 0.3 is 6.18 Å². The zero-order valence-electron chi connectivity index (χ0n) is 10.2. The van der Waals surface area contributed by atoms with Crippen LogP contribution in [0.2, 0.25) is 0 Å². The molecule has 0 atom stereocenters. The molecule has 0 radical (unpaired) electrons. The van der Waals surface area contributed by atoms with Crippen LogP contribution >= 0.6 is 0 Å². The van der Waals surface area contributed by atoms with E-state index in [1.165, 1.54) is 0 Å². The Labute approximate surface area is 112 Å². The minimum atomic E-state index is -4.44. The van der Waals surface area contributed by atoms with Gasteiger partial charge < -0.3 is 5.73 Å². The maximum atomic E-state index is 12.4. The minimum absolute atomic E-state index is 0.146. The van der Waals surface area contributed by atoms with Crippen LogP contribution in [0.4, 0.5) is 19.0 Å². The highest BCUT2D eigenvalue weighted by atomic mass is 32.2. The fourth-order valence-electron chi connectivity index (χ4n) is 1.63. The molecule has 20 heavy (non-hydrogen) atoms. The highest BCUT2D eigenvalue weighted by Gasteiger charge is 2.30. The molecule has 0 unspecified atom stereocenters. The van der Waals surface area contributed by atoms with Crippen molar-refractivity contribution in [2.45, 2.75) is 11.1 Å². The van der Waals surface area contributed by atoms with E-state index < -0.39 is 21.6 Å². The lowest BCUT2D eigenvalue weighted by Gasteiger charge is -2.08. The second-order valence-electron chi connectivity index (χ2n) is 4.12. The first kappa shape index (κ1) is 14.4. The van der Waals surface area contributed by atoms with Crippen LogP contribution in [0.5, 0.6) is 0 Å². The Morgan fingerprint density at radius 1 is 1.20 bits per heavy atom. The van der Waals surface area contributed by atoms with E-state index in [1.807, 2.05) is 0 Å². The summed E-state index contributed by atoms with van der Waals surface area (Å²) in [5.41, 5.74) is 5.08. The van der Waals surface area contributed by atoms with Crippen LogP contribution in [-0.4, -0.2) is 24.5 Å². The third-order valence-electron chi connectivity index (χ3n) is 2.61. The molecule has 2 rings (SSSR count). The van der Waals surface area contributed by atoms with Crippen molar-refractivity contribution >= 4 is 15.7 Å². The molecule has 0 amide bonds. The monoisotopic (exact) mass is 305 g/mol. The van der Waals surface area contributed by atoms with Crippen molar-refractivity contribution < 1.29 is 21.6 Å². The smallest absolute Gasteiger partial charge is 0.382 e. The molecule has 2 N–H and O–H groups in total. The van der Waals surface area contributed by atoms with Crippen LogP contribution in [0.25, 0.3) is 5.69 Å². The van der Waals surface area contributed by atoms with Crippen LogP contribution in [-0.2, 0) is 16.0 Å². The first-order valence-corrected chi connectivity index (χ1v) is 7.21. The zero-order chi connectivity index (χ0) is 15.1. The second kappa shape index (κ2) is 4.51. The van der Waals surface area contributed by atoms with Gasteiger partial charge in [-0.15, -0.1) is 0 Å². The number of nitrogens with zero attached hydrogens (tertiary/aromatic N) is 2. The quantitative estimate of drug-likeness (QED) is 0.919. The van der Waals surface area contributed by atoms with Gasteiger partial charge in [-0.25, -0.2) is 13.1 Å². The molecule has 0 aliphatic carbocycles. The Hall–Kier alpha value is -2.03. The average Bonchev–Trinajstić information content (AvgIpc) is 2.70. The minimum Gasteiger partial charge on any atom is -0.382 e. The largest absolute Gasteiger partial charge is 0.416 e. The van der Waals surface area contributed by atoms with E-state index in [0.717, 1.165) is 41.4 Å².